The Morgan fingerprint density at radius 2 is 2.28 bits per heavy atom. The molecule has 0 aliphatic rings. The molecule has 0 saturated heterocycles. The molecule has 1 aromatic heterocycles. The van der Waals surface area contributed by atoms with Crippen LogP contribution in [-0.4, -0.2) is 34.7 Å². The van der Waals surface area contributed by atoms with Crippen LogP contribution in [0.5, 0.6) is 5.75 Å². The Balaban J connectivity index is 2.26. The van der Waals surface area contributed by atoms with E-state index in [1.165, 1.54) is 10.9 Å². The average Bonchev–Trinajstić information content (AvgIpc) is 2.89. The molecule has 0 amide bonds. The van der Waals surface area contributed by atoms with Crippen LogP contribution in [0.3, 0.4) is 0 Å². The SMILES string of the molecule is CCOC(=O)c1cn(-c2cccc(OC)c2)nn1. The van der Waals surface area contributed by atoms with Crippen LogP contribution in [-0.2, 0) is 4.74 Å². The standard InChI is InChI=1S/C12H13N3O3/c1-3-18-12(16)11-8-15(14-13-11)9-5-4-6-10(7-9)17-2/h4-8H,3H2,1-2H3. The monoisotopic (exact) mass is 247 g/mol. The minimum atomic E-state index is -0.480. The lowest BCUT2D eigenvalue weighted by Crippen LogP contribution is -2.04. The maximum absolute atomic E-state index is 11.4. The van der Waals surface area contributed by atoms with Crippen LogP contribution in [0.25, 0.3) is 5.69 Å². The molecule has 6 heteroatoms. The van der Waals surface area contributed by atoms with Crippen molar-refractivity contribution in [1.82, 2.24) is 15.0 Å². The molecule has 0 spiro atoms. The molecule has 18 heavy (non-hydrogen) atoms. The van der Waals surface area contributed by atoms with Gasteiger partial charge in [0.15, 0.2) is 5.69 Å². The maximum Gasteiger partial charge on any atom is 0.360 e. The van der Waals surface area contributed by atoms with Crippen molar-refractivity contribution in [2.24, 2.45) is 0 Å². The quantitative estimate of drug-likeness (QED) is 0.765. The van der Waals surface area contributed by atoms with Gasteiger partial charge in [0.05, 0.1) is 25.6 Å². The molecule has 0 aliphatic heterocycles. The number of hydrogen-bond donors (Lipinski definition) is 0. The van der Waals surface area contributed by atoms with Gasteiger partial charge in [0.25, 0.3) is 0 Å². The summed E-state index contributed by atoms with van der Waals surface area (Å²) in [6, 6.07) is 7.29. The highest BCUT2D eigenvalue weighted by molar-refractivity contribution is 5.86. The smallest absolute Gasteiger partial charge is 0.360 e. The van der Waals surface area contributed by atoms with Crippen molar-refractivity contribution in [1.29, 1.82) is 0 Å². The van der Waals surface area contributed by atoms with Crippen LogP contribution in [0, 0.1) is 0 Å². The predicted octanol–water partition coefficient (Wildman–Crippen LogP) is 1.45. The van der Waals surface area contributed by atoms with Gasteiger partial charge in [-0.2, -0.15) is 0 Å². The van der Waals surface area contributed by atoms with E-state index in [-0.39, 0.29) is 5.69 Å². The Hall–Kier alpha value is -2.37. The molecule has 0 aliphatic carbocycles. The number of nitrogens with zero attached hydrogens (tertiary/aromatic N) is 3. The molecule has 2 rings (SSSR count). The summed E-state index contributed by atoms with van der Waals surface area (Å²) in [5, 5.41) is 7.64. The van der Waals surface area contributed by atoms with Gasteiger partial charge in [0, 0.05) is 6.07 Å². The second kappa shape index (κ2) is 5.31. The number of carbonyl (C=O) groups excluding carboxylic acids is 1. The summed E-state index contributed by atoms with van der Waals surface area (Å²) >= 11 is 0. The second-order valence-electron chi connectivity index (χ2n) is 3.47. The van der Waals surface area contributed by atoms with E-state index in [4.69, 9.17) is 9.47 Å². The third-order valence-electron chi connectivity index (χ3n) is 2.30. The number of esters is 1. The van der Waals surface area contributed by atoms with E-state index in [0.29, 0.717) is 12.4 Å². The molecule has 6 nitrogen and oxygen atoms in total. The summed E-state index contributed by atoms with van der Waals surface area (Å²) < 4.78 is 11.5. The topological polar surface area (TPSA) is 66.2 Å². The Morgan fingerprint density at radius 3 is 3.00 bits per heavy atom. The van der Waals surface area contributed by atoms with Crippen molar-refractivity contribution in [3.8, 4) is 11.4 Å². The summed E-state index contributed by atoms with van der Waals surface area (Å²) in [6.07, 6.45) is 1.52. The molecule has 0 N–H and O–H groups in total. The molecule has 0 saturated carbocycles. The number of methoxy groups -OCH3 is 1. The lowest BCUT2D eigenvalue weighted by molar-refractivity contribution is 0.0519. The van der Waals surface area contributed by atoms with Gasteiger partial charge in [-0.3, -0.25) is 0 Å². The number of ether oxygens (including phenoxy) is 2. The number of benzene rings is 1. The van der Waals surface area contributed by atoms with E-state index >= 15 is 0 Å². The van der Waals surface area contributed by atoms with E-state index in [2.05, 4.69) is 10.3 Å². The van der Waals surface area contributed by atoms with Gasteiger partial charge < -0.3 is 9.47 Å². The maximum atomic E-state index is 11.4. The fourth-order valence-electron chi connectivity index (χ4n) is 1.44. The third-order valence-corrected chi connectivity index (χ3v) is 2.30. The number of rotatable bonds is 4. The summed E-state index contributed by atoms with van der Waals surface area (Å²) in [5.41, 5.74) is 0.942. The van der Waals surface area contributed by atoms with Crippen molar-refractivity contribution in [2.75, 3.05) is 13.7 Å². The molecular weight excluding hydrogens is 234 g/mol. The van der Waals surface area contributed by atoms with Crippen molar-refractivity contribution < 1.29 is 14.3 Å². The minimum Gasteiger partial charge on any atom is -0.497 e. The molecule has 2 aromatic rings. The molecule has 0 unspecified atom stereocenters. The molecule has 0 atom stereocenters. The first-order valence-electron chi connectivity index (χ1n) is 5.48. The number of aromatic nitrogens is 3. The molecule has 94 valence electrons. The van der Waals surface area contributed by atoms with Gasteiger partial charge in [0.2, 0.25) is 0 Å². The molecule has 1 aromatic carbocycles. The molecule has 1 heterocycles. The van der Waals surface area contributed by atoms with Crippen molar-refractivity contribution in [3.05, 3.63) is 36.2 Å². The first kappa shape index (κ1) is 12.1. The molecule has 0 bridgehead atoms. The second-order valence-corrected chi connectivity index (χ2v) is 3.47. The van der Waals surface area contributed by atoms with Crippen LogP contribution < -0.4 is 4.74 Å². The zero-order chi connectivity index (χ0) is 13.0. The van der Waals surface area contributed by atoms with Crippen molar-refractivity contribution >= 4 is 5.97 Å². The molecule has 0 fully saturated rings. The van der Waals surface area contributed by atoms with Gasteiger partial charge in [-0.25, -0.2) is 9.48 Å². The average molecular weight is 247 g/mol. The summed E-state index contributed by atoms with van der Waals surface area (Å²) in [6.45, 7) is 2.05. The summed E-state index contributed by atoms with van der Waals surface area (Å²) in [5.74, 6) is 0.229. The Labute approximate surface area is 104 Å². The normalized spacial score (nSPS) is 10.1. The minimum absolute atomic E-state index is 0.180. The van der Waals surface area contributed by atoms with Gasteiger partial charge in [-0.1, -0.05) is 11.3 Å². The van der Waals surface area contributed by atoms with Gasteiger partial charge in [-0.05, 0) is 19.1 Å². The Morgan fingerprint density at radius 1 is 1.44 bits per heavy atom. The predicted molar refractivity (Wildman–Crippen MR) is 63.9 cm³/mol. The Kier molecular flexibility index (Phi) is 3.57. The lowest BCUT2D eigenvalue weighted by Gasteiger charge is -2.02. The third kappa shape index (κ3) is 2.48. The first-order chi connectivity index (χ1) is 8.74. The molecule has 0 radical (unpaired) electrons. The van der Waals surface area contributed by atoms with E-state index in [0.717, 1.165) is 5.69 Å². The fraction of sp³-hybridized carbons (Fsp3) is 0.250. The van der Waals surface area contributed by atoms with Crippen LogP contribution >= 0.6 is 0 Å². The molecular formula is C12H13N3O3. The van der Waals surface area contributed by atoms with Crippen LogP contribution in [0.4, 0.5) is 0 Å². The van der Waals surface area contributed by atoms with Crippen LogP contribution in [0.1, 0.15) is 17.4 Å². The Bertz CT molecular complexity index is 551. The van der Waals surface area contributed by atoms with Crippen molar-refractivity contribution in [3.63, 3.8) is 0 Å². The first-order valence-corrected chi connectivity index (χ1v) is 5.48. The lowest BCUT2D eigenvalue weighted by atomic mass is 10.3. The van der Waals surface area contributed by atoms with Crippen molar-refractivity contribution in [2.45, 2.75) is 6.92 Å². The number of carbonyl (C=O) groups is 1. The van der Waals surface area contributed by atoms with E-state index in [9.17, 15) is 4.79 Å². The fourth-order valence-corrected chi connectivity index (χ4v) is 1.44. The summed E-state index contributed by atoms with van der Waals surface area (Å²) in [7, 11) is 1.59. The van der Waals surface area contributed by atoms with Gasteiger partial charge >= 0.3 is 5.97 Å². The largest absolute Gasteiger partial charge is 0.497 e. The zero-order valence-electron chi connectivity index (χ0n) is 10.2. The number of hydrogen-bond acceptors (Lipinski definition) is 5. The highest BCUT2D eigenvalue weighted by Crippen LogP contribution is 2.15. The van der Waals surface area contributed by atoms with E-state index in [1.54, 1.807) is 20.1 Å². The van der Waals surface area contributed by atoms with Gasteiger partial charge in [-0.15, -0.1) is 5.10 Å². The van der Waals surface area contributed by atoms with Crippen LogP contribution in [0.2, 0.25) is 0 Å². The highest BCUT2D eigenvalue weighted by Gasteiger charge is 2.12. The van der Waals surface area contributed by atoms with Gasteiger partial charge in [0.1, 0.15) is 5.75 Å². The highest BCUT2D eigenvalue weighted by atomic mass is 16.5. The van der Waals surface area contributed by atoms with E-state index < -0.39 is 5.97 Å². The van der Waals surface area contributed by atoms with E-state index in [1.807, 2.05) is 18.2 Å². The van der Waals surface area contributed by atoms with Crippen LogP contribution in [0.15, 0.2) is 30.5 Å². The zero-order valence-corrected chi connectivity index (χ0v) is 10.2. The summed E-state index contributed by atoms with van der Waals surface area (Å²) in [4.78, 5) is 11.4.